The molecule has 200 valence electrons. The van der Waals surface area contributed by atoms with Crippen molar-refractivity contribution < 1.29 is 22.3 Å². The summed E-state index contributed by atoms with van der Waals surface area (Å²) >= 11 is 9.84. The minimum Gasteiger partial charge on any atom is -0.493 e. The van der Waals surface area contributed by atoms with Crippen LogP contribution in [0.1, 0.15) is 28.4 Å². The highest BCUT2D eigenvalue weighted by atomic mass is 79.9. The second-order valence-electron chi connectivity index (χ2n) is 9.26. The molecule has 0 N–H and O–H groups in total. The van der Waals surface area contributed by atoms with E-state index >= 15 is 0 Å². The molecule has 1 amide bonds. The first-order valence-electron chi connectivity index (χ1n) is 12.1. The van der Waals surface area contributed by atoms with E-state index in [0.717, 1.165) is 21.5 Å². The number of anilines is 1. The van der Waals surface area contributed by atoms with Gasteiger partial charge in [0.25, 0.3) is 5.91 Å². The lowest BCUT2D eigenvalue weighted by molar-refractivity contribution is 0.0686. The summed E-state index contributed by atoms with van der Waals surface area (Å²) in [5, 5.41) is 0.0607. The molecule has 3 aromatic carbocycles. The summed E-state index contributed by atoms with van der Waals surface area (Å²) in [6, 6.07) is 16.0. The van der Waals surface area contributed by atoms with Crippen LogP contribution in [0.3, 0.4) is 0 Å². The number of ether oxygens (including phenoxy) is 1. The van der Waals surface area contributed by atoms with E-state index in [-0.39, 0.29) is 46.3 Å². The van der Waals surface area contributed by atoms with E-state index in [1.165, 1.54) is 28.6 Å². The van der Waals surface area contributed by atoms with Crippen LogP contribution < -0.4 is 9.64 Å². The molecule has 11 heteroatoms. The standard InChI is InChI=1S/C27H26BrClFN3O4S/c1-31(24-10-15-37-25-9-3-19(28)17-22(24)25)27(34)18-2-8-23(29)26(16-18)38(35,36)33-13-11-32(12-14-33)21-6-4-20(30)5-7-21/h2-9,16-17,24H,10-15H2,1H3. The zero-order valence-electron chi connectivity index (χ0n) is 20.6. The Morgan fingerprint density at radius 1 is 1.05 bits per heavy atom. The van der Waals surface area contributed by atoms with Gasteiger partial charge in [0, 0.05) is 60.9 Å². The Hall–Kier alpha value is -2.66. The largest absolute Gasteiger partial charge is 0.493 e. The lowest BCUT2D eigenvalue weighted by Crippen LogP contribution is -2.48. The van der Waals surface area contributed by atoms with Crippen molar-refractivity contribution in [1.82, 2.24) is 9.21 Å². The van der Waals surface area contributed by atoms with Crippen molar-refractivity contribution in [2.24, 2.45) is 0 Å². The Bertz CT molecular complexity index is 1460. The van der Waals surface area contributed by atoms with Gasteiger partial charge in [-0.25, -0.2) is 12.8 Å². The number of benzene rings is 3. The molecule has 2 aliphatic rings. The maximum atomic E-state index is 13.6. The van der Waals surface area contributed by atoms with E-state index in [9.17, 15) is 17.6 Å². The zero-order chi connectivity index (χ0) is 27.0. The predicted octanol–water partition coefficient (Wildman–Crippen LogP) is 5.35. The number of halogens is 3. The number of fused-ring (bicyclic) bond motifs is 1. The van der Waals surface area contributed by atoms with Crippen LogP contribution in [0, 0.1) is 5.82 Å². The molecule has 7 nitrogen and oxygen atoms in total. The molecular formula is C27H26BrClFN3O4S. The third-order valence-corrected chi connectivity index (χ3v) is 9.87. The smallest absolute Gasteiger partial charge is 0.254 e. The van der Waals surface area contributed by atoms with Crippen molar-refractivity contribution in [3.63, 3.8) is 0 Å². The number of carbonyl (C=O) groups is 1. The van der Waals surface area contributed by atoms with Crippen molar-refractivity contribution in [3.8, 4) is 5.75 Å². The number of carbonyl (C=O) groups excluding carboxylic acids is 1. The second-order valence-corrected chi connectivity index (χ2v) is 12.5. The maximum Gasteiger partial charge on any atom is 0.254 e. The summed E-state index contributed by atoms with van der Waals surface area (Å²) < 4.78 is 48.4. The van der Waals surface area contributed by atoms with Crippen LogP contribution in [0.4, 0.5) is 10.1 Å². The molecule has 2 heterocycles. The Labute approximate surface area is 234 Å². The maximum absolute atomic E-state index is 13.6. The quantitative estimate of drug-likeness (QED) is 0.384. The van der Waals surface area contributed by atoms with Gasteiger partial charge in [-0.1, -0.05) is 27.5 Å². The molecule has 1 atom stereocenters. The van der Waals surface area contributed by atoms with Crippen LogP contribution in [0.15, 0.2) is 70.0 Å². The minimum atomic E-state index is -3.95. The number of rotatable bonds is 5. The summed E-state index contributed by atoms with van der Waals surface area (Å²) in [7, 11) is -2.24. The SMILES string of the molecule is CN(C(=O)c1ccc(Cl)c(S(=O)(=O)N2CCN(c3ccc(F)cc3)CC2)c1)C1CCOc2ccc(Br)cc21. The summed E-state index contributed by atoms with van der Waals surface area (Å²) in [4.78, 5) is 17.0. The molecule has 0 bridgehead atoms. The Morgan fingerprint density at radius 3 is 2.47 bits per heavy atom. The summed E-state index contributed by atoms with van der Waals surface area (Å²) in [6.07, 6.45) is 0.614. The van der Waals surface area contributed by atoms with E-state index in [4.69, 9.17) is 16.3 Å². The fourth-order valence-electron chi connectivity index (χ4n) is 4.91. The highest BCUT2D eigenvalue weighted by Crippen LogP contribution is 2.38. The molecule has 1 saturated heterocycles. The van der Waals surface area contributed by atoms with Gasteiger partial charge in [-0.3, -0.25) is 4.79 Å². The fraction of sp³-hybridized carbons (Fsp3) is 0.296. The molecule has 0 aliphatic carbocycles. The number of hydrogen-bond acceptors (Lipinski definition) is 5. The normalized spacial score (nSPS) is 18.0. The monoisotopic (exact) mass is 621 g/mol. The van der Waals surface area contributed by atoms with Crippen LogP contribution in [-0.4, -0.2) is 63.4 Å². The molecule has 0 spiro atoms. The molecule has 0 aromatic heterocycles. The first-order valence-corrected chi connectivity index (χ1v) is 14.8. The van der Waals surface area contributed by atoms with Gasteiger partial charge in [-0.05, 0) is 60.7 Å². The molecule has 2 aliphatic heterocycles. The topological polar surface area (TPSA) is 70.2 Å². The minimum absolute atomic E-state index is 0.0607. The average molecular weight is 623 g/mol. The van der Waals surface area contributed by atoms with Crippen molar-refractivity contribution in [1.29, 1.82) is 0 Å². The van der Waals surface area contributed by atoms with Crippen LogP contribution in [0.5, 0.6) is 5.75 Å². The summed E-state index contributed by atoms with van der Waals surface area (Å²) in [5.74, 6) is 0.0962. The zero-order valence-corrected chi connectivity index (χ0v) is 23.8. The number of amides is 1. The van der Waals surface area contributed by atoms with E-state index in [1.807, 2.05) is 23.1 Å². The van der Waals surface area contributed by atoms with Crippen molar-refractivity contribution >= 4 is 49.1 Å². The molecule has 0 radical (unpaired) electrons. The third-order valence-electron chi connectivity index (χ3n) is 6.99. The van der Waals surface area contributed by atoms with Crippen molar-refractivity contribution in [2.75, 3.05) is 44.7 Å². The molecule has 5 rings (SSSR count). The summed E-state index contributed by atoms with van der Waals surface area (Å²) in [6.45, 7) is 1.84. The number of piperazine rings is 1. The van der Waals surface area contributed by atoms with Crippen molar-refractivity contribution in [2.45, 2.75) is 17.4 Å². The van der Waals surface area contributed by atoms with E-state index in [2.05, 4.69) is 15.9 Å². The third kappa shape index (κ3) is 5.27. The number of nitrogens with zero attached hydrogens (tertiary/aromatic N) is 3. The van der Waals surface area contributed by atoms with Crippen LogP contribution >= 0.6 is 27.5 Å². The van der Waals surface area contributed by atoms with Gasteiger partial charge in [-0.15, -0.1) is 0 Å². The predicted molar refractivity (Wildman–Crippen MR) is 148 cm³/mol. The lowest BCUT2D eigenvalue weighted by Gasteiger charge is -2.35. The van der Waals surface area contributed by atoms with Crippen LogP contribution in [0.2, 0.25) is 5.02 Å². The van der Waals surface area contributed by atoms with E-state index < -0.39 is 10.0 Å². The Morgan fingerprint density at radius 2 is 1.76 bits per heavy atom. The lowest BCUT2D eigenvalue weighted by atomic mass is 9.98. The van der Waals surface area contributed by atoms with Gasteiger partial charge >= 0.3 is 0 Å². The van der Waals surface area contributed by atoms with Gasteiger partial charge in [0.15, 0.2) is 0 Å². The first-order chi connectivity index (χ1) is 18.1. The highest BCUT2D eigenvalue weighted by Gasteiger charge is 2.33. The number of sulfonamides is 1. The van der Waals surface area contributed by atoms with Crippen molar-refractivity contribution in [3.05, 3.63) is 87.1 Å². The Kier molecular flexibility index (Phi) is 7.68. The van der Waals surface area contributed by atoms with E-state index in [0.29, 0.717) is 26.1 Å². The molecule has 3 aromatic rings. The second kappa shape index (κ2) is 10.8. The molecule has 1 fully saturated rings. The van der Waals surface area contributed by atoms with Crippen LogP contribution in [-0.2, 0) is 10.0 Å². The average Bonchev–Trinajstić information content (AvgIpc) is 2.92. The van der Waals surface area contributed by atoms with Gasteiger partial charge in [0.2, 0.25) is 10.0 Å². The molecule has 38 heavy (non-hydrogen) atoms. The van der Waals surface area contributed by atoms with E-state index in [1.54, 1.807) is 30.1 Å². The van der Waals surface area contributed by atoms with Gasteiger partial charge in [0.05, 0.1) is 17.7 Å². The molecule has 0 saturated carbocycles. The molecule has 1 unspecified atom stereocenters. The number of hydrogen-bond donors (Lipinski definition) is 0. The van der Waals surface area contributed by atoms with Gasteiger partial charge < -0.3 is 14.5 Å². The Balaban J connectivity index is 1.35. The van der Waals surface area contributed by atoms with Crippen LogP contribution in [0.25, 0.3) is 0 Å². The highest BCUT2D eigenvalue weighted by molar-refractivity contribution is 9.10. The van der Waals surface area contributed by atoms with Gasteiger partial charge in [-0.2, -0.15) is 4.31 Å². The first kappa shape index (κ1) is 26.9. The summed E-state index contributed by atoms with van der Waals surface area (Å²) in [5.41, 5.74) is 1.96. The molecular weight excluding hydrogens is 597 g/mol. The fourth-order valence-corrected chi connectivity index (χ4v) is 7.21. The van der Waals surface area contributed by atoms with Gasteiger partial charge in [0.1, 0.15) is 16.5 Å².